The zero-order valence-corrected chi connectivity index (χ0v) is 32.7. The molecule has 0 saturated heterocycles. The summed E-state index contributed by atoms with van der Waals surface area (Å²) in [6.45, 7) is 0. The number of rotatable bonds is 5. The maximum atomic E-state index is 6.78. The number of pyridine rings is 2. The SMILES string of the molecule is [Pt+2].[c-]1ccccc1-n1c2nc(Oc3[c-]c(-c4nccc5c4CC(C4CCCCC4)C5)c4oc5ccc6ccccc6c5c4c3)ccc2n2c3ccccc3nc12. The van der Waals surface area contributed by atoms with Crippen molar-refractivity contribution >= 4 is 60.7 Å². The number of hydrogen-bond acceptors (Lipinski definition) is 5. The van der Waals surface area contributed by atoms with Crippen LogP contribution >= 0.6 is 0 Å². The Hall–Kier alpha value is -5.78. The predicted octanol–water partition coefficient (Wildman–Crippen LogP) is 11.6. The van der Waals surface area contributed by atoms with Gasteiger partial charge in [0.15, 0.2) is 5.65 Å². The summed E-state index contributed by atoms with van der Waals surface area (Å²) in [5, 5.41) is 4.33. The number of aromatic nitrogens is 5. The minimum Gasteiger partial charge on any atom is -0.501 e. The molecule has 56 heavy (non-hydrogen) atoms. The third-order valence-electron chi connectivity index (χ3n) is 12.2. The molecule has 7 nitrogen and oxygen atoms in total. The summed E-state index contributed by atoms with van der Waals surface area (Å²) >= 11 is 0. The van der Waals surface area contributed by atoms with Crippen LogP contribution in [0.1, 0.15) is 43.2 Å². The van der Waals surface area contributed by atoms with Gasteiger partial charge < -0.3 is 14.1 Å². The summed E-state index contributed by atoms with van der Waals surface area (Å²) < 4.78 is 17.8. The van der Waals surface area contributed by atoms with E-state index in [2.05, 4.69) is 81.8 Å². The van der Waals surface area contributed by atoms with Crippen molar-refractivity contribution in [1.29, 1.82) is 0 Å². The van der Waals surface area contributed by atoms with Crippen LogP contribution in [0.25, 0.3) is 77.6 Å². The van der Waals surface area contributed by atoms with Gasteiger partial charge in [0.25, 0.3) is 0 Å². The van der Waals surface area contributed by atoms with Crippen LogP contribution in [-0.2, 0) is 33.9 Å². The maximum absolute atomic E-state index is 6.78. The van der Waals surface area contributed by atoms with Crippen LogP contribution in [-0.4, -0.2) is 23.9 Å². The van der Waals surface area contributed by atoms with Crippen LogP contribution < -0.4 is 4.74 Å². The minimum absolute atomic E-state index is 0. The summed E-state index contributed by atoms with van der Waals surface area (Å²) in [5.41, 5.74) is 10.6. The largest absolute Gasteiger partial charge is 2.00 e. The summed E-state index contributed by atoms with van der Waals surface area (Å²) in [5.74, 6) is 3.22. The van der Waals surface area contributed by atoms with Gasteiger partial charge in [0.1, 0.15) is 5.58 Å². The van der Waals surface area contributed by atoms with E-state index in [9.17, 15) is 0 Å². The molecular formula is C48H35N5O2Pt. The van der Waals surface area contributed by atoms with Crippen molar-refractivity contribution in [3.8, 4) is 28.6 Å². The first-order chi connectivity index (χ1) is 27.2. The van der Waals surface area contributed by atoms with E-state index in [-0.39, 0.29) is 21.1 Å². The van der Waals surface area contributed by atoms with Crippen molar-refractivity contribution < 1.29 is 30.2 Å². The van der Waals surface area contributed by atoms with E-state index in [1.165, 1.54) is 43.2 Å². The maximum Gasteiger partial charge on any atom is 2.00 e. The quantitative estimate of drug-likeness (QED) is 0.161. The second-order valence-corrected chi connectivity index (χ2v) is 15.3. The fourth-order valence-corrected chi connectivity index (χ4v) is 9.68. The van der Waals surface area contributed by atoms with Gasteiger partial charge >= 0.3 is 21.1 Å². The molecule has 274 valence electrons. The van der Waals surface area contributed by atoms with Gasteiger partial charge in [-0.25, -0.2) is 4.98 Å². The molecule has 12 rings (SSSR count). The monoisotopic (exact) mass is 908 g/mol. The smallest absolute Gasteiger partial charge is 0.501 e. The van der Waals surface area contributed by atoms with Crippen molar-refractivity contribution in [3.05, 3.63) is 139 Å². The molecule has 5 aromatic carbocycles. The Balaban J connectivity index is 0.00000363. The zero-order chi connectivity index (χ0) is 36.0. The van der Waals surface area contributed by atoms with Gasteiger partial charge in [-0.3, -0.25) is 8.97 Å². The number of furan rings is 1. The predicted molar refractivity (Wildman–Crippen MR) is 217 cm³/mol. The second-order valence-electron chi connectivity index (χ2n) is 15.3. The van der Waals surface area contributed by atoms with Gasteiger partial charge in [-0.1, -0.05) is 114 Å². The topological polar surface area (TPSA) is 70.4 Å². The van der Waals surface area contributed by atoms with Gasteiger partial charge in [0, 0.05) is 23.4 Å². The van der Waals surface area contributed by atoms with E-state index in [1.54, 1.807) is 0 Å². The third-order valence-corrected chi connectivity index (χ3v) is 12.2. The van der Waals surface area contributed by atoms with E-state index >= 15 is 0 Å². The number of fused-ring (bicyclic) bond motifs is 11. The van der Waals surface area contributed by atoms with Crippen LogP contribution in [0.3, 0.4) is 0 Å². The van der Waals surface area contributed by atoms with E-state index in [4.69, 9.17) is 24.1 Å². The standard InChI is InChI=1S/C48H35N5O2.Pt/c1-3-11-29(12-4-1)32-25-31-23-24-49-45(36(31)26-32)38-28-34(27-37-44-35-16-8-7-13-30(35)19-21-42(44)55-46(37)38)54-43-22-20-41-47(51-43)52(33-14-5-2-6-15-33)48-50-39-17-9-10-18-40(39)53(41)48;/h2,5-10,13-14,16-24,27,29,32H,1,3-4,11-12,25-26H2;/q-2;+2. The van der Waals surface area contributed by atoms with Crippen molar-refractivity contribution in [2.24, 2.45) is 11.8 Å². The molecular weight excluding hydrogens is 874 g/mol. The summed E-state index contributed by atoms with van der Waals surface area (Å²) in [6, 6.07) is 44.1. The van der Waals surface area contributed by atoms with Crippen LogP contribution in [0, 0.1) is 24.0 Å². The van der Waals surface area contributed by atoms with Crippen LogP contribution in [0.4, 0.5) is 0 Å². The van der Waals surface area contributed by atoms with Crippen molar-refractivity contribution in [2.75, 3.05) is 0 Å². The van der Waals surface area contributed by atoms with Crippen molar-refractivity contribution in [1.82, 2.24) is 23.9 Å². The number of benzene rings is 5. The van der Waals surface area contributed by atoms with Gasteiger partial charge in [-0.15, -0.1) is 6.07 Å². The first-order valence-corrected chi connectivity index (χ1v) is 19.5. The molecule has 0 bridgehead atoms. The fourth-order valence-electron chi connectivity index (χ4n) is 9.68. The van der Waals surface area contributed by atoms with Crippen molar-refractivity contribution in [3.63, 3.8) is 0 Å². The molecule has 5 heterocycles. The summed E-state index contributed by atoms with van der Waals surface area (Å²) in [6.07, 6.45) is 10.8. The van der Waals surface area contributed by atoms with Crippen LogP contribution in [0.5, 0.6) is 11.6 Å². The van der Waals surface area contributed by atoms with E-state index < -0.39 is 0 Å². The normalized spacial score (nSPS) is 16.0. The second kappa shape index (κ2) is 13.2. The molecule has 0 aliphatic heterocycles. The van der Waals surface area contributed by atoms with Crippen LogP contribution in [0.2, 0.25) is 0 Å². The molecule has 0 spiro atoms. The van der Waals surface area contributed by atoms with Crippen LogP contribution in [0.15, 0.2) is 120 Å². The fraction of sp³-hybridized carbons (Fsp3) is 0.188. The molecule has 1 atom stereocenters. The Morgan fingerprint density at radius 1 is 0.768 bits per heavy atom. The van der Waals surface area contributed by atoms with Gasteiger partial charge in [0.05, 0.1) is 22.1 Å². The number of nitrogens with zero attached hydrogens (tertiary/aromatic N) is 5. The van der Waals surface area contributed by atoms with Gasteiger partial charge in [-0.2, -0.15) is 29.2 Å². The average Bonchev–Trinajstić information content (AvgIpc) is 4.01. The molecule has 1 saturated carbocycles. The molecule has 2 aliphatic carbocycles. The Kier molecular flexibility index (Phi) is 7.89. The molecule has 1 fully saturated rings. The Morgan fingerprint density at radius 3 is 2.55 bits per heavy atom. The summed E-state index contributed by atoms with van der Waals surface area (Å²) in [7, 11) is 0. The molecule has 5 aromatic heterocycles. The molecule has 2 aliphatic rings. The Bertz CT molecular complexity index is 3140. The number of hydrogen-bond donors (Lipinski definition) is 0. The minimum atomic E-state index is 0. The van der Waals surface area contributed by atoms with E-state index in [1.807, 2.05) is 54.7 Å². The molecule has 8 heteroatoms. The van der Waals surface area contributed by atoms with E-state index in [0.717, 1.165) is 96.4 Å². The first-order valence-electron chi connectivity index (χ1n) is 19.5. The van der Waals surface area contributed by atoms with Crippen molar-refractivity contribution in [2.45, 2.75) is 44.9 Å². The Labute approximate surface area is 337 Å². The Morgan fingerprint density at radius 2 is 1.64 bits per heavy atom. The van der Waals surface area contributed by atoms with E-state index in [0.29, 0.717) is 17.5 Å². The average molecular weight is 909 g/mol. The zero-order valence-electron chi connectivity index (χ0n) is 30.4. The number of ether oxygens (including phenoxy) is 1. The third kappa shape index (κ3) is 5.17. The summed E-state index contributed by atoms with van der Waals surface area (Å²) in [4.78, 5) is 15.3. The molecule has 0 N–H and O–H groups in total. The molecule has 0 amide bonds. The molecule has 10 aromatic rings. The number of para-hydroxylation sites is 3. The number of imidazole rings is 2. The first kappa shape index (κ1) is 33.5. The van der Waals surface area contributed by atoms with Gasteiger partial charge in [-0.05, 0) is 71.5 Å². The molecule has 0 radical (unpaired) electrons. The van der Waals surface area contributed by atoms with Gasteiger partial charge in [0.2, 0.25) is 11.7 Å². The molecule has 1 unspecified atom stereocenters.